The van der Waals surface area contributed by atoms with E-state index in [-0.39, 0.29) is 24.0 Å². The highest BCUT2D eigenvalue weighted by Gasteiger charge is 2.04. The first-order valence-corrected chi connectivity index (χ1v) is 6.35. The topological polar surface area (TPSA) is 36.9 Å². The molecule has 0 spiro atoms. The lowest BCUT2D eigenvalue weighted by molar-refractivity contribution is 0.281. The number of hydrogen-bond donors (Lipinski definition) is 1. The van der Waals surface area contributed by atoms with Crippen LogP contribution >= 0.6 is 35.6 Å². The van der Waals surface area contributed by atoms with Gasteiger partial charge in [-0.2, -0.15) is 0 Å². The van der Waals surface area contributed by atoms with Gasteiger partial charge in [0.1, 0.15) is 12.4 Å². The van der Waals surface area contributed by atoms with Crippen LogP contribution in [0.1, 0.15) is 6.92 Å². The van der Waals surface area contributed by atoms with Gasteiger partial charge in [-0.3, -0.25) is 4.99 Å². The van der Waals surface area contributed by atoms with Crippen molar-refractivity contribution in [3.63, 3.8) is 0 Å². The number of benzene rings is 1. The van der Waals surface area contributed by atoms with Gasteiger partial charge < -0.3 is 15.0 Å². The van der Waals surface area contributed by atoms with Crippen LogP contribution in [0.4, 0.5) is 0 Å². The molecule has 108 valence electrons. The van der Waals surface area contributed by atoms with E-state index in [1.807, 2.05) is 43.1 Å². The van der Waals surface area contributed by atoms with Crippen LogP contribution in [0.2, 0.25) is 5.02 Å². The van der Waals surface area contributed by atoms with Gasteiger partial charge in [0, 0.05) is 25.7 Å². The molecule has 0 radical (unpaired) electrons. The zero-order chi connectivity index (χ0) is 13.4. The van der Waals surface area contributed by atoms with Gasteiger partial charge >= 0.3 is 0 Å². The molecule has 0 aliphatic heterocycles. The second kappa shape index (κ2) is 10.1. The molecule has 1 N–H and O–H groups in total. The summed E-state index contributed by atoms with van der Waals surface area (Å²) in [6, 6.07) is 7.36. The third-order valence-corrected chi connectivity index (χ3v) is 2.67. The average Bonchev–Trinajstić information content (AvgIpc) is 2.38. The minimum absolute atomic E-state index is 0. The molecule has 0 bridgehead atoms. The quantitative estimate of drug-likeness (QED) is 0.472. The standard InChI is InChI=1S/C13H20ClN3O.HI/c1-4-16-13(15-2)17(3)9-10-18-12-7-5-11(14)6-8-12;/h5-8H,4,9-10H2,1-3H3,(H,15,16);1H. The van der Waals surface area contributed by atoms with Crippen LogP contribution < -0.4 is 10.1 Å². The molecule has 6 heteroatoms. The van der Waals surface area contributed by atoms with Crippen molar-refractivity contribution in [3.05, 3.63) is 29.3 Å². The molecule has 0 saturated heterocycles. The van der Waals surface area contributed by atoms with Crippen molar-refractivity contribution in [2.45, 2.75) is 6.92 Å². The van der Waals surface area contributed by atoms with Crippen molar-refractivity contribution in [3.8, 4) is 5.75 Å². The normalized spacial score (nSPS) is 10.6. The van der Waals surface area contributed by atoms with E-state index < -0.39 is 0 Å². The molecule has 0 aliphatic carbocycles. The molecule has 1 aromatic rings. The van der Waals surface area contributed by atoms with Crippen molar-refractivity contribution >= 4 is 41.5 Å². The van der Waals surface area contributed by atoms with E-state index >= 15 is 0 Å². The predicted molar refractivity (Wildman–Crippen MR) is 92.0 cm³/mol. The molecule has 0 fully saturated rings. The number of hydrogen-bond acceptors (Lipinski definition) is 2. The first kappa shape index (κ1) is 18.3. The van der Waals surface area contributed by atoms with Crippen molar-refractivity contribution in [2.75, 3.05) is 33.8 Å². The predicted octanol–water partition coefficient (Wildman–Crippen LogP) is 2.86. The number of likely N-dealkylation sites (N-methyl/N-ethyl adjacent to an activating group) is 1. The van der Waals surface area contributed by atoms with Crippen LogP contribution in [-0.2, 0) is 0 Å². The third-order valence-electron chi connectivity index (χ3n) is 2.42. The smallest absolute Gasteiger partial charge is 0.193 e. The van der Waals surface area contributed by atoms with Crippen molar-refractivity contribution < 1.29 is 4.74 Å². The van der Waals surface area contributed by atoms with Crippen molar-refractivity contribution in [1.82, 2.24) is 10.2 Å². The molecule has 0 saturated carbocycles. The Bertz CT molecular complexity index is 384. The Morgan fingerprint density at radius 3 is 2.53 bits per heavy atom. The van der Waals surface area contributed by atoms with Gasteiger partial charge in [-0.05, 0) is 31.2 Å². The van der Waals surface area contributed by atoms with Gasteiger partial charge in [-0.1, -0.05) is 11.6 Å². The molecule has 1 aromatic carbocycles. The maximum absolute atomic E-state index is 5.80. The molecular weight excluding hydrogens is 377 g/mol. The van der Waals surface area contributed by atoms with Gasteiger partial charge in [0.15, 0.2) is 5.96 Å². The van der Waals surface area contributed by atoms with Crippen LogP contribution in [-0.4, -0.2) is 44.7 Å². The highest BCUT2D eigenvalue weighted by molar-refractivity contribution is 14.0. The zero-order valence-electron chi connectivity index (χ0n) is 11.5. The van der Waals surface area contributed by atoms with E-state index in [4.69, 9.17) is 16.3 Å². The summed E-state index contributed by atoms with van der Waals surface area (Å²) in [5.74, 6) is 1.70. The fourth-order valence-corrected chi connectivity index (χ4v) is 1.61. The lowest BCUT2D eigenvalue weighted by Crippen LogP contribution is -2.40. The van der Waals surface area contributed by atoms with Crippen LogP contribution in [0, 0.1) is 0 Å². The molecule has 4 nitrogen and oxygen atoms in total. The van der Waals surface area contributed by atoms with Crippen LogP contribution in [0.15, 0.2) is 29.3 Å². The van der Waals surface area contributed by atoms with Gasteiger partial charge in [-0.15, -0.1) is 24.0 Å². The van der Waals surface area contributed by atoms with Gasteiger partial charge in [0.25, 0.3) is 0 Å². The Kier molecular flexibility index (Phi) is 9.77. The minimum atomic E-state index is 0. The Morgan fingerprint density at radius 1 is 1.37 bits per heavy atom. The number of nitrogens with zero attached hydrogens (tertiary/aromatic N) is 2. The number of ether oxygens (including phenoxy) is 1. The highest BCUT2D eigenvalue weighted by Crippen LogP contribution is 2.15. The largest absolute Gasteiger partial charge is 0.492 e. The van der Waals surface area contributed by atoms with Crippen molar-refractivity contribution in [1.29, 1.82) is 0 Å². The molecule has 0 atom stereocenters. The van der Waals surface area contributed by atoms with Crippen LogP contribution in [0.3, 0.4) is 0 Å². The monoisotopic (exact) mass is 397 g/mol. The van der Waals surface area contributed by atoms with E-state index in [0.29, 0.717) is 11.6 Å². The summed E-state index contributed by atoms with van der Waals surface area (Å²) in [6.45, 7) is 4.27. The summed E-state index contributed by atoms with van der Waals surface area (Å²) < 4.78 is 5.62. The maximum Gasteiger partial charge on any atom is 0.193 e. The highest BCUT2D eigenvalue weighted by atomic mass is 127. The molecular formula is C13H21ClIN3O. The number of halogens is 2. The maximum atomic E-state index is 5.80. The molecule has 0 aliphatic rings. The van der Waals surface area contributed by atoms with E-state index in [1.165, 1.54) is 0 Å². The average molecular weight is 398 g/mol. The first-order valence-electron chi connectivity index (χ1n) is 5.97. The Hall–Kier alpha value is -0.690. The third kappa shape index (κ3) is 6.87. The fourth-order valence-electron chi connectivity index (χ4n) is 1.48. The van der Waals surface area contributed by atoms with E-state index in [0.717, 1.165) is 24.8 Å². The number of guanidine groups is 1. The fraction of sp³-hybridized carbons (Fsp3) is 0.462. The Balaban J connectivity index is 0.00000324. The molecule has 1 rings (SSSR count). The summed E-state index contributed by atoms with van der Waals surface area (Å²) >= 11 is 5.80. The van der Waals surface area contributed by atoms with E-state index in [9.17, 15) is 0 Å². The Morgan fingerprint density at radius 2 is 2.00 bits per heavy atom. The first-order chi connectivity index (χ1) is 8.67. The van der Waals surface area contributed by atoms with Gasteiger partial charge in [-0.25, -0.2) is 0 Å². The summed E-state index contributed by atoms with van der Waals surface area (Å²) in [5, 5.41) is 3.91. The molecule has 0 amide bonds. The zero-order valence-corrected chi connectivity index (χ0v) is 14.6. The second-order valence-electron chi connectivity index (χ2n) is 3.80. The SMILES string of the molecule is CCNC(=NC)N(C)CCOc1ccc(Cl)cc1.I. The molecule has 0 aromatic heterocycles. The van der Waals surface area contributed by atoms with Crippen LogP contribution in [0.25, 0.3) is 0 Å². The second-order valence-corrected chi connectivity index (χ2v) is 4.24. The van der Waals surface area contributed by atoms with Crippen LogP contribution in [0.5, 0.6) is 5.75 Å². The van der Waals surface area contributed by atoms with Crippen molar-refractivity contribution in [2.24, 2.45) is 4.99 Å². The molecule has 0 heterocycles. The lowest BCUT2D eigenvalue weighted by atomic mass is 10.3. The van der Waals surface area contributed by atoms with Gasteiger partial charge in [0.05, 0.1) is 6.54 Å². The molecule has 19 heavy (non-hydrogen) atoms. The minimum Gasteiger partial charge on any atom is -0.492 e. The lowest BCUT2D eigenvalue weighted by Gasteiger charge is -2.21. The number of aliphatic imine (C=N–C) groups is 1. The summed E-state index contributed by atoms with van der Waals surface area (Å²) in [5.41, 5.74) is 0. The number of rotatable bonds is 5. The molecule has 0 unspecified atom stereocenters. The Labute approximate surface area is 137 Å². The summed E-state index contributed by atoms with van der Waals surface area (Å²) in [4.78, 5) is 6.20. The van der Waals surface area contributed by atoms with E-state index in [1.54, 1.807) is 7.05 Å². The van der Waals surface area contributed by atoms with Gasteiger partial charge in [0.2, 0.25) is 0 Å². The summed E-state index contributed by atoms with van der Waals surface area (Å²) in [7, 11) is 3.75. The van der Waals surface area contributed by atoms with E-state index in [2.05, 4.69) is 10.3 Å². The number of nitrogens with one attached hydrogen (secondary N) is 1. The summed E-state index contributed by atoms with van der Waals surface area (Å²) in [6.07, 6.45) is 0.